The molecule has 21 heavy (non-hydrogen) atoms. The number of hydrogen-bond acceptors (Lipinski definition) is 4. The normalized spacial score (nSPS) is 19.3. The Morgan fingerprint density at radius 3 is 2.67 bits per heavy atom. The third-order valence-electron chi connectivity index (χ3n) is 3.72. The van der Waals surface area contributed by atoms with E-state index >= 15 is 0 Å². The molecule has 1 amide bonds. The number of nitrogens with zero attached hydrogens (tertiary/aromatic N) is 1. The fraction of sp³-hybridized carbons (Fsp3) is 0.500. The van der Waals surface area contributed by atoms with Crippen LogP contribution in [0.5, 0.6) is 0 Å². The van der Waals surface area contributed by atoms with Crippen molar-refractivity contribution in [2.45, 2.75) is 12.8 Å². The van der Waals surface area contributed by atoms with Gasteiger partial charge < -0.3 is 15.6 Å². The summed E-state index contributed by atoms with van der Waals surface area (Å²) in [4.78, 5) is 14.2. The van der Waals surface area contributed by atoms with Crippen LogP contribution in [0.15, 0.2) is 12.1 Å². The molecule has 1 heterocycles. The number of anilines is 1. The van der Waals surface area contributed by atoms with Crippen molar-refractivity contribution in [3.63, 3.8) is 0 Å². The van der Waals surface area contributed by atoms with E-state index in [9.17, 15) is 13.6 Å². The number of nitrogens with one attached hydrogen (secondary N) is 2. The first-order valence-corrected chi connectivity index (χ1v) is 6.93. The first-order chi connectivity index (χ1) is 10.0. The Bertz CT molecular complexity index is 501. The van der Waals surface area contributed by atoms with Gasteiger partial charge in [-0.05, 0) is 44.5 Å². The van der Waals surface area contributed by atoms with Crippen molar-refractivity contribution in [2.75, 3.05) is 32.1 Å². The Morgan fingerprint density at radius 2 is 2.10 bits per heavy atom. The van der Waals surface area contributed by atoms with E-state index in [-0.39, 0.29) is 5.56 Å². The second kappa shape index (κ2) is 6.82. The number of nitrogen functional groups attached to an aromatic ring is 1. The standard InChI is InChI=1S/C14H20F2N4O/c1-20-4-2-3-9(8-20)7-18-14(21)10-5-11(15)13(19-17)12(16)6-10/h5-6,9,19H,2-4,7-8,17H2,1H3,(H,18,21). The first kappa shape index (κ1) is 15.7. The maximum Gasteiger partial charge on any atom is 0.251 e. The molecule has 5 nitrogen and oxygen atoms in total. The second-order valence-electron chi connectivity index (χ2n) is 5.44. The predicted octanol–water partition coefficient (Wildman–Crippen LogP) is 1.32. The molecule has 1 atom stereocenters. The van der Waals surface area contributed by atoms with Gasteiger partial charge in [-0.25, -0.2) is 8.78 Å². The molecule has 0 spiro atoms. The number of piperidine rings is 1. The number of amides is 1. The lowest BCUT2D eigenvalue weighted by Gasteiger charge is -2.29. The van der Waals surface area contributed by atoms with Crippen LogP contribution in [0.3, 0.4) is 0 Å². The molecule has 0 aliphatic carbocycles. The van der Waals surface area contributed by atoms with Crippen molar-refractivity contribution in [1.82, 2.24) is 10.2 Å². The number of nitrogens with two attached hydrogens (primary N) is 1. The average molecular weight is 298 g/mol. The van der Waals surface area contributed by atoms with Crippen LogP contribution in [0.2, 0.25) is 0 Å². The number of hydrazine groups is 1. The molecule has 0 bridgehead atoms. The van der Waals surface area contributed by atoms with Crippen LogP contribution in [-0.4, -0.2) is 37.5 Å². The maximum absolute atomic E-state index is 13.5. The molecule has 4 N–H and O–H groups in total. The number of hydrogen-bond donors (Lipinski definition) is 3. The molecule has 1 unspecified atom stereocenters. The van der Waals surface area contributed by atoms with Crippen molar-refractivity contribution in [1.29, 1.82) is 0 Å². The lowest BCUT2D eigenvalue weighted by Crippen LogP contribution is -2.39. The lowest BCUT2D eigenvalue weighted by molar-refractivity contribution is 0.0936. The molecule has 0 aromatic heterocycles. The maximum atomic E-state index is 13.5. The van der Waals surface area contributed by atoms with Crippen LogP contribution in [0.25, 0.3) is 0 Å². The van der Waals surface area contributed by atoms with Crippen molar-refractivity contribution in [2.24, 2.45) is 11.8 Å². The van der Waals surface area contributed by atoms with Gasteiger partial charge in [0.25, 0.3) is 5.91 Å². The van der Waals surface area contributed by atoms with Crippen LogP contribution in [-0.2, 0) is 0 Å². The zero-order valence-corrected chi connectivity index (χ0v) is 12.0. The summed E-state index contributed by atoms with van der Waals surface area (Å²) in [7, 11) is 2.04. The summed E-state index contributed by atoms with van der Waals surface area (Å²) in [5.41, 5.74) is 1.44. The Morgan fingerprint density at radius 1 is 1.43 bits per heavy atom. The highest BCUT2D eigenvalue weighted by Crippen LogP contribution is 2.20. The Labute approximate surface area is 122 Å². The fourth-order valence-electron chi connectivity index (χ4n) is 2.62. The van der Waals surface area contributed by atoms with Gasteiger partial charge in [-0.1, -0.05) is 0 Å². The molecule has 1 aliphatic heterocycles. The summed E-state index contributed by atoms with van der Waals surface area (Å²) in [6, 6.07) is 1.95. The summed E-state index contributed by atoms with van der Waals surface area (Å²) >= 11 is 0. The van der Waals surface area contributed by atoms with Crippen LogP contribution >= 0.6 is 0 Å². The van der Waals surface area contributed by atoms with Gasteiger partial charge in [-0.3, -0.25) is 10.6 Å². The van der Waals surface area contributed by atoms with Gasteiger partial charge in [0, 0.05) is 18.7 Å². The minimum Gasteiger partial charge on any atom is -0.352 e. The molecular formula is C14H20F2N4O. The Kier molecular flexibility index (Phi) is 5.08. The van der Waals surface area contributed by atoms with Crippen LogP contribution < -0.4 is 16.6 Å². The van der Waals surface area contributed by atoms with Crippen molar-refractivity contribution in [3.05, 3.63) is 29.3 Å². The lowest BCUT2D eigenvalue weighted by atomic mass is 9.98. The highest BCUT2D eigenvalue weighted by molar-refractivity contribution is 5.94. The van der Waals surface area contributed by atoms with E-state index in [1.807, 2.05) is 12.5 Å². The van der Waals surface area contributed by atoms with E-state index in [0.717, 1.165) is 38.1 Å². The predicted molar refractivity (Wildman–Crippen MR) is 76.7 cm³/mol. The Hall–Kier alpha value is -1.73. The number of benzene rings is 1. The van der Waals surface area contributed by atoms with Crippen molar-refractivity contribution in [3.8, 4) is 0 Å². The third kappa shape index (κ3) is 3.89. The highest BCUT2D eigenvalue weighted by Gasteiger charge is 2.19. The SMILES string of the molecule is CN1CCCC(CNC(=O)c2cc(F)c(NN)c(F)c2)C1. The van der Waals surface area contributed by atoms with Crippen LogP contribution in [0.4, 0.5) is 14.5 Å². The van der Waals surface area contributed by atoms with Gasteiger partial charge in [-0.15, -0.1) is 0 Å². The van der Waals surface area contributed by atoms with Gasteiger partial charge in [0.1, 0.15) is 5.69 Å². The molecule has 0 saturated carbocycles. The summed E-state index contributed by atoms with van der Waals surface area (Å²) in [5.74, 6) is 3.12. The molecule has 0 radical (unpaired) electrons. The number of rotatable bonds is 4. The smallest absolute Gasteiger partial charge is 0.251 e. The van der Waals surface area contributed by atoms with E-state index < -0.39 is 23.2 Å². The monoisotopic (exact) mass is 298 g/mol. The van der Waals surface area contributed by atoms with E-state index in [4.69, 9.17) is 5.84 Å². The summed E-state index contributed by atoms with van der Waals surface area (Å²) in [5, 5.41) is 2.73. The van der Waals surface area contributed by atoms with Crippen molar-refractivity contribution >= 4 is 11.6 Å². The highest BCUT2D eigenvalue weighted by atomic mass is 19.1. The summed E-state index contributed by atoms with van der Waals surface area (Å²) in [6.07, 6.45) is 2.14. The number of halogens is 2. The van der Waals surface area contributed by atoms with Crippen LogP contribution in [0, 0.1) is 17.6 Å². The number of likely N-dealkylation sites (tertiary alicyclic amines) is 1. The van der Waals surface area contributed by atoms with Gasteiger partial charge >= 0.3 is 0 Å². The van der Waals surface area contributed by atoms with E-state index in [0.29, 0.717) is 12.5 Å². The molecule has 1 aliphatic rings. The molecule has 1 aromatic carbocycles. The number of carbonyl (C=O) groups is 1. The second-order valence-corrected chi connectivity index (χ2v) is 5.44. The molecule has 1 saturated heterocycles. The van der Waals surface area contributed by atoms with E-state index in [2.05, 4.69) is 10.2 Å². The molecule has 116 valence electrons. The zero-order chi connectivity index (χ0) is 15.4. The molecule has 1 fully saturated rings. The van der Waals surface area contributed by atoms with Crippen LogP contribution in [0.1, 0.15) is 23.2 Å². The first-order valence-electron chi connectivity index (χ1n) is 6.93. The zero-order valence-electron chi connectivity index (χ0n) is 12.0. The average Bonchev–Trinajstić information content (AvgIpc) is 2.44. The topological polar surface area (TPSA) is 70.4 Å². The molecule has 7 heteroatoms. The van der Waals surface area contributed by atoms with E-state index in [1.165, 1.54) is 0 Å². The van der Waals surface area contributed by atoms with Gasteiger partial charge in [0.2, 0.25) is 0 Å². The fourth-order valence-corrected chi connectivity index (χ4v) is 2.62. The molecular weight excluding hydrogens is 278 g/mol. The van der Waals surface area contributed by atoms with Crippen molar-refractivity contribution < 1.29 is 13.6 Å². The summed E-state index contributed by atoms with van der Waals surface area (Å²) < 4.78 is 27.1. The number of carbonyl (C=O) groups excluding carboxylic acids is 1. The van der Waals surface area contributed by atoms with Gasteiger partial charge in [-0.2, -0.15) is 0 Å². The molecule has 1 aromatic rings. The third-order valence-corrected chi connectivity index (χ3v) is 3.72. The largest absolute Gasteiger partial charge is 0.352 e. The Balaban J connectivity index is 1.97. The minimum absolute atomic E-state index is 0.0480. The van der Waals surface area contributed by atoms with Gasteiger partial charge in [0.05, 0.1) is 0 Å². The summed E-state index contributed by atoms with van der Waals surface area (Å²) in [6.45, 7) is 2.48. The van der Waals surface area contributed by atoms with Gasteiger partial charge in [0.15, 0.2) is 11.6 Å². The van der Waals surface area contributed by atoms with E-state index in [1.54, 1.807) is 0 Å². The quantitative estimate of drug-likeness (QED) is 0.579. The minimum atomic E-state index is -0.889. The molecule has 2 rings (SSSR count).